The van der Waals surface area contributed by atoms with E-state index in [1.807, 2.05) is 0 Å². The number of aliphatic carboxylic acids is 2. The summed E-state index contributed by atoms with van der Waals surface area (Å²) in [4.78, 5) is 21.4. The molecule has 0 radical (unpaired) electrons. The van der Waals surface area contributed by atoms with Crippen LogP contribution in [0.1, 0.15) is 26.2 Å². The van der Waals surface area contributed by atoms with Crippen molar-refractivity contribution in [3.05, 3.63) is 0 Å². The van der Waals surface area contributed by atoms with E-state index in [1.54, 1.807) is 6.92 Å². The third-order valence-electron chi connectivity index (χ3n) is 2.92. The van der Waals surface area contributed by atoms with Gasteiger partial charge in [0.25, 0.3) is 0 Å². The highest BCUT2D eigenvalue weighted by atomic mass is 16.4. The zero-order valence-electron chi connectivity index (χ0n) is 7.56. The van der Waals surface area contributed by atoms with Crippen LogP contribution in [-0.4, -0.2) is 22.2 Å². The van der Waals surface area contributed by atoms with Crippen molar-refractivity contribution in [2.45, 2.75) is 26.2 Å². The molecule has 0 saturated heterocycles. The third kappa shape index (κ3) is 1.99. The average Bonchev–Trinajstić information content (AvgIpc) is 2.50. The van der Waals surface area contributed by atoms with Crippen LogP contribution >= 0.6 is 0 Å². The van der Waals surface area contributed by atoms with Gasteiger partial charge in [0.15, 0.2) is 0 Å². The molecule has 2 N–H and O–H groups in total. The molecule has 1 aliphatic rings. The summed E-state index contributed by atoms with van der Waals surface area (Å²) >= 11 is 0. The van der Waals surface area contributed by atoms with Crippen LogP contribution < -0.4 is 0 Å². The highest BCUT2D eigenvalue weighted by molar-refractivity contribution is 5.74. The Morgan fingerprint density at radius 3 is 2.38 bits per heavy atom. The van der Waals surface area contributed by atoms with Crippen LogP contribution in [0.2, 0.25) is 0 Å². The number of carboxylic acid groups (broad SMARTS) is 2. The van der Waals surface area contributed by atoms with Gasteiger partial charge in [-0.05, 0) is 18.8 Å². The number of hydrogen-bond acceptors (Lipinski definition) is 2. The van der Waals surface area contributed by atoms with E-state index in [4.69, 9.17) is 10.2 Å². The Balaban J connectivity index is 2.68. The molecule has 0 amide bonds. The van der Waals surface area contributed by atoms with E-state index in [0.29, 0.717) is 6.42 Å². The summed E-state index contributed by atoms with van der Waals surface area (Å²) in [6.07, 6.45) is 2.18. The number of hydrogen-bond donors (Lipinski definition) is 2. The first-order valence-electron chi connectivity index (χ1n) is 4.49. The van der Waals surface area contributed by atoms with Gasteiger partial charge >= 0.3 is 11.9 Å². The predicted molar refractivity (Wildman–Crippen MR) is 45.3 cm³/mol. The van der Waals surface area contributed by atoms with Crippen molar-refractivity contribution in [2.75, 3.05) is 0 Å². The molecule has 3 unspecified atom stereocenters. The summed E-state index contributed by atoms with van der Waals surface area (Å²) in [6, 6.07) is 0. The number of carboxylic acids is 2. The molecule has 0 bridgehead atoms. The van der Waals surface area contributed by atoms with Crippen molar-refractivity contribution in [3.63, 3.8) is 0 Å². The van der Waals surface area contributed by atoms with Crippen LogP contribution in [0.5, 0.6) is 0 Å². The predicted octanol–water partition coefficient (Wildman–Crippen LogP) is 1.21. The zero-order valence-corrected chi connectivity index (χ0v) is 7.56. The second-order valence-electron chi connectivity index (χ2n) is 3.67. The first kappa shape index (κ1) is 10.0. The molecular formula is C9H14O4. The zero-order chi connectivity index (χ0) is 10.0. The Labute approximate surface area is 76.6 Å². The lowest BCUT2D eigenvalue weighted by Gasteiger charge is -2.19. The first-order chi connectivity index (χ1) is 6.04. The van der Waals surface area contributed by atoms with Gasteiger partial charge in [-0.1, -0.05) is 13.3 Å². The quantitative estimate of drug-likeness (QED) is 0.694. The van der Waals surface area contributed by atoms with Gasteiger partial charge in [0.2, 0.25) is 0 Å². The molecule has 1 saturated carbocycles. The second kappa shape index (κ2) is 3.77. The van der Waals surface area contributed by atoms with Crippen molar-refractivity contribution in [1.29, 1.82) is 0 Å². The standard InChI is InChI=1S/C9H14O4/c1-5(8(10)11)6-3-2-4-7(6)9(12)13/h5-7H,2-4H2,1H3,(H,10,11)(H,12,13). The first-order valence-corrected chi connectivity index (χ1v) is 4.49. The monoisotopic (exact) mass is 186 g/mol. The lowest BCUT2D eigenvalue weighted by Crippen LogP contribution is -2.28. The van der Waals surface area contributed by atoms with Crippen LogP contribution in [0.25, 0.3) is 0 Å². The van der Waals surface area contributed by atoms with E-state index in [9.17, 15) is 9.59 Å². The van der Waals surface area contributed by atoms with Crippen LogP contribution in [0, 0.1) is 17.8 Å². The molecule has 0 aromatic rings. The smallest absolute Gasteiger partial charge is 0.306 e. The Morgan fingerprint density at radius 1 is 1.31 bits per heavy atom. The Kier molecular flexibility index (Phi) is 2.90. The summed E-state index contributed by atoms with van der Waals surface area (Å²) in [5.74, 6) is -2.92. The molecule has 0 spiro atoms. The molecule has 4 heteroatoms. The molecule has 1 fully saturated rings. The van der Waals surface area contributed by atoms with Crippen LogP contribution in [0.15, 0.2) is 0 Å². The molecule has 1 rings (SSSR count). The van der Waals surface area contributed by atoms with Crippen LogP contribution in [-0.2, 0) is 9.59 Å². The van der Waals surface area contributed by atoms with Crippen LogP contribution in [0.4, 0.5) is 0 Å². The summed E-state index contributed by atoms with van der Waals surface area (Å²) in [6.45, 7) is 1.59. The summed E-state index contributed by atoms with van der Waals surface area (Å²) in [5.41, 5.74) is 0. The van der Waals surface area contributed by atoms with Gasteiger partial charge in [-0.15, -0.1) is 0 Å². The maximum atomic E-state index is 10.7. The van der Waals surface area contributed by atoms with Crippen molar-refractivity contribution in [2.24, 2.45) is 17.8 Å². The molecule has 3 atom stereocenters. The van der Waals surface area contributed by atoms with E-state index in [0.717, 1.165) is 12.8 Å². The minimum absolute atomic E-state index is 0.185. The van der Waals surface area contributed by atoms with Gasteiger partial charge < -0.3 is 10.2 Å². The molecular weight excluding hydrogens is 172 g/mol. The largest absolute Gasteiger partial charge is 0.481 e. The molecule has 0 aromatic carbocycles. The minimum Gasteiger partial charge on any atom is -0.481 e. The fourth-order valence-electron chi connectivity index (χ4n) is 2.08. The normalized spacial score (nSPS) is 29.9. The molecule has 0 aromatic heterocycles. The van der Waals surface area contributed by atoms with E-state index in [1.165, 1.54) is 0 Å². The minimum atomic E-state index is -0.891. The Bertz CT molecular complexity index is 224. The van der Waals surface area contributed by atoms with E-state index in [-0.39, 0.29) is 5.92 Å². The lowest BCUT2D eigenvalue weighted by atomic mass is 9.85. The lowest BCUT2D eigenvalue weighted by molar-refractivity contribution is -0.147. The summed E-state index contributed by atoms with van der Waals surface area (Å²) in [5, 5.41) is 17.6. The number of carbonyl (C=O) groups is 2. The van der Waals surface area contributed by atoms with Gasteiger partial charge in [0.1, 0.15) is 0 Å². The van der Waals surface area contributed by atoms with Crippen molar-refractivity contribution >= 4 is 11.9 Å². The SMILES string of the molecule is CC(C(=O)O)C1CCCC1C(=O)O. The molecule has 1 aliphatic carbocycles. The average molecular weight is 186 g/mol. The highest BCUT2D eigenvalue weighted by Crippen LogP contribution is 2.37. The topological polar surface area (TPSA) is 74.6 Å². The second-order valence-corrected chi connectivity index (χ2v) is 3.67. The maximum absolute atomic E-state index is 10.7. The molecule has 0 aliphatic heterocycles. The maximum Gasteiger partial charge on any atom is 0.306 e. The number of rotatable bonds is 3. The Morgan fingerprint density at radius 2 is 1.92 bits per heavy atom. The van der Waals surface area contributed by atoms with E-state index >= 15 is 0 Å². The van der Waals surface area contributed by atoms with Crippen LogP contribution in [0.3, 0.4) is 0 Å². The van der Waals surface area contributed by atoms with Crippen molar-refractivity contribution < 1.29 is 19.8 Å². The molecule has 0 heterocycles. The fourth-order valence-corrected chi connectivity index (χ4v) is 2.08. The molecule has 4 nitrogen and oxygen atoms in total. The van der Waals surface area contributed by atoms with Crippen molar-refractivity contribution in [3.8, 4) is 0 Å². The Hall–Kier alpha value is -1.06. The fraction of sp³-hybridized carbons (Fsp3) is 0.778. The molecule has 13 heavy (non-hydrogen) atoms. The van der Waals surface area contributed by atoms with Gasteiger partial charge in [0.05, 0.1) is 11.8 Å². The molecule has 74 valence electrons. The van der Waals surface area contributed by atoms with Gasteiger partial charge in [-0.25, -0.2) is 0 Å². The van der Waals surface area contributed by atoms with Gasteiger partial charge in [-0.2, -0.15) is 0 Å². The van der Waals surface area contributed by atoms with E-state index in [2.05, 4.69) is 0 Å². The van der Waals surface area contributed by atoms with Gasteiger partial charge in [-0.3, -0.25) is 9.59 Å². The summed E-state index contributed by atoms with van der Waals surface area (Å²) in [7, 11) is 0. The van der Waals surface area contributed by atoms with E-state index < -0.39 is 23.8 Å². The highest BCUT2D eigenvalue weighted by Gasteiger charge is 2.38. The third-order valence-corrected chi connectivity index (χ3v) is 2.92. The summed E-state index contributed by atoms with van der Waals surface area (Å²) < 4.78 is 0. The van der Waals surface area contributed by atoms with Gasteiger partial charge in [0, 0.05) is 0 Å². The van der Waals surface area contributed by atoms with Crippen molar-refractivity contribution in [1.82, 2.24) is 0 Å².